The van der Waals surface area contributed by atoms with Crippen LogP contribution in [0.1, 0.15) is 42.4 Å². The Hall–Kier alpha value is -4.45. The first-order valence-corrected chi connectivity index (χ1v) is 16.1. The van der Waals surface area contributed by atoms with Gasteiger partial charge in [0.15, 0.2) is 0 Å². The zero-order chi connectivity index (χ0) is 31.1. The molecule has 1 aliphatic carbocycles. The number of carbonyl (C=O) groups excluding carboxylic acids is 1. The number of hydrogen-bond acceptors (Lipinski definition) is 8. The fraction of sp³-hybridized carbons (Fsp3) is 0.375. The molecular weight excluding hydrogens is 580 g/mol. The van der Waals surface area contributed by atoms with Crippen LogP contribution in [0, 0.1) is 13.8 Å². The lowest BCUT2D eigenvalue weighted by Crippen LogP contribution is -2.60. The van der Waals surface area contributed by atoms with Crippen molar-refractivity contribution in [1.29, 1.82) is 0 Å². The van der Waals surface area contributed by atoms with Crippen LogP contribution in [0.5, 0.6) is 11.6 Å². The maximum Gasteiger partial charge on any atom is 0.267 e. The van der Waals surface area contributed by atoms with E-state index in [-0.39, 0.29) is 28.7 Å². The van der Waals surface area contributed by atoms with Gasteiger partial charge in [-0.25, -0.2) is 18.1 Å². The SMILES string of the molecule is COc1ccc(C2(C(=O)N3CC(Oc4cc(-c5c(C)cccc5C)nc(NS(=O)(=O)c5cnn(C)c5)n4)C3)CCCC2)cc1. The van der Waals surface area contributed by atoms with Crippen molar-refractivity contribution in [2.24, 2.45) is 7.05 Å². The summed E-state index contributed by atoms with van der Waals surface area (Å²) >= 11 is 0. The second-order valence-electron chi connectivity index (χ2n) is 11.6. The zero-order valence-electron chi connectivity index (χ0n) is 25.3. The van der Waals surface area contributed by atoms with E-state index in [1.165, 1.54) is 17.1 Å². The lowest BCUT2D eigenvalue weighted by molar-refractivity contribution is -0.146. The Bertz CT molecular complexity index is 1770. The fourth-order valence-electron chi connectivity index (χ4n) is 6.26. The molecule has 2 fully saturated rings. The summed E-state index contributed by atoms with van der Waals surface area (Å²) in [4.78, 5) is 24.7. The van der Waals surface area contributed by atoms with Gasteiger partial charge in [0.25, 0.3) is 10.0 Å². The molecule has 230 valence electrons. The predicted octanol–water partition coefficient (Wildman–Crippen LogP) is 4.40. The van der Waals surface area contributed by atoms with Crippen LogP contribution in [-0.2, 0) is 27.3 Å². The standard InChI is InChI=1S/C32H36N6O5S/c1-21-8-7-9-22(2)29(21)27-16-28(35-31(34-27)36-44(40,41)26-17-33-37(3)20-26)43-25-18-38(19-25)30(39)32(14-5-6-15-32)23-10-12-24(42-4)13-11-23/h7-13,16-17,20,25H,5-6,14-15,18-19H2,1-4H3,(H,34,35,36). The molecule has 2 aromatic heterocycles. The summed E-state index contributed by atoms with van der Waals surface area (Å²) in [5.74, 6) is 0.993. The highest BCUT2D eigenvalue weighted by molar-refractivity contribution is 7.92. The number of aryl methyl sites for hydroxylation is 3. The van der Waals surface area contributed by atoms with E-state index in [0.717, 1.165) is 53.7 Å². The molecule has 2 aliphatic rings. The van der Waals surface area contributed by atoms with Gasteiger partial charge >= 0.3 is 0 Å². The molecule has 1 saturated heterocycles. The van der Waals surface area contributed by atoms with E-state index in [2.05, 4.69) is 19.8 Å². The molecule has 0 radical (unpaired) electrons. The zero-order valence-corrected chi connectivity index (χ0v) is 26.1. The van der Waals surface area contributed by atoms with Crippen molar-refractivity contribution in [2.45, 2.75) is 55.9 Å². The largest absolute Gasteiger partial charge is 0.497 e. The minimum absolute atomic E-state index is 0.00519. The molecule has 3 heterocycles. The highest BCUT2D eigenvalue weighted by Crippen LogP contribution is 2.44. The maximum atomic E-state index is 13.9. The van der Waals surface area contributed by atoms with Crippen LogP contribution in [0.15, 0.2) is 65.8 Å². The number of ether oxygens (including phenoxy) is 2. The van der Waals surface area contributed by atoms with Crippen molar-refractivity contribution in [3.63, 3.8) is 0 Å². The van der Waals surface area contributed by atoms with E-state index in [1.54, 1.807) is 20.2 Å². The van der Waals surface area contributed by atoms with Gasteiger partial charge in [-0.1, -0.05) is 43.2 Å². The molecule has 1 N–H and O–H groups in total. The Morgan fingerprint density at radius 3 is 2.32 bits per heavy atom. The number of hydrogen-bond donors (Lipinski definition) is 1. The molecule has 12 heteroatoms. The Morgan fingerprint density at radius 2 is 1.70 bits per heavy atom. The molecule has 0 bridgehead atoms. The van der Waals surface area contributed by atoms with Crippen molar-refractivity contribution in [3.05, 3.63) is 77.6 Å². The summed E-state index contributed by atoms with van der Waals surface area (Å²) < 4.78 is 41.6. The van der Waals surface area contributed by atoms with Crippen LogP contribution in [0.3, 0.4) is 0 Å². The summed E-state index contributed by atoms with van der Waals surface area (Å²) in [5, 5.41) is 3.96. The normalized spacial score (nSPS) is 16.4. The van der Waals surface area contributed by atoms with Gasteiger partial charge in [-0.05, 0) is 55.5 Å². The van der Waals surface area contributed by atoms with Crippen LogP contribution < -0.4 is 14.2 Å². The second-order valence-corrected chi connectivity index (χ2v) is 13.3. The van der Waals surface area contributed by atoms with E-state index in [1.807, 2.05) is 61.2 Å². The van der Waals surface area contributed by atoms with Crippen LogP contribution in [0.2, 0.25) is 0 Å². The van der Waals surface area contributed by atoms with E-state index in [9.17, 15) is 13.2 Å². The molecule has 0 atom stereocenters. The predicted molar refractivity (Wildman–Crippen MR) is 165 cm³/mol. The van der Waals surface area contributed by atoms with Crippen LogP contribution in [0.4, 0.5) is 5.95 Å². The molecule has 11 nitrogen and oxygen atoms in total. The molecular formula is C32H36N6O5S. The molecule has 4 aromatic rings. The minimum atomic E-state index is -3.99. The van der Waals surface area contributed by atoms with Crippen LogP contribution in [-0.4, -0.2) is 65.3 Å². The van der Waals surface area contributed by atoms with E-state index < -0.39 is 15.4 Å². The highest BCUT2D eigenvalue weighted by atomic mass is 32.2. The van der Waals surface area contributed by atoms with Gasteiger partial charge in [0, 0.05) is 24.9 Å². The lowest BCUT2D eigenvalue weighted by atomic mass is 9.77. The topological polar surface area (TPSA) is 129 Å². The Labute approximate surface area is 257 Å². The Kier molecular flexibility index (Phi) is 7.79. The molecule has 6 rings (SSSR count). The molecule has 0 spiro atoms. The molecule has 1 saturated carbocycles. The first-order chi connectivity index (χ1) is 21.1. The fourth-order valence-corrected chi connectivity index (χ4v) is 7.19. The number of sulfonamides is 1. The van der Waals surface area contributed by atoms with E-state index >= 15 is 0 Å². The summed E-state index contributed by atoms with van der Waals surface area (Å²) in [6.45, 7) is 4.77. The number of likely N-dealkylation sites (tertiary alicyclic amines) is 1. The lowest BCUT2D eigenvalue weighted by Gasteiger charge is -2.43. The number of nitrogens with zero attached hydrogens (tertiary/aromatic N) is 5. The Balaban J connectivity index is 1.24. The molecule has 1 aliphatic heterocycles. The summed E-state index contributed by atoms with van der Waals surface area (Å²) in [6.07, 6.45) is 6.00. The number of anilines is 1. The average Bonchev–Trinajstić information content (AvgIpc) is 3.65. The van der Waals surface area contributed by atoms with Crippen molar-refractivity contribution >= 4 is 21.9 Å². The van der Waals surface area contributed by atoms with Gasteiger partial charge in [0.1, 0.15) is 16.7 Å². The van der Waals surface area contributed by atoms with Gasteiger partial charge in [-0.3, -0.25) is 9.48 Å². The van der Waals surface area contributed by atoms with Crippen LogP contribution >= 0.6 is 0 Å². The maximum absolute atomic E-state index is 13.9. The number of benzene rings is 2. The van der Waals surface area contributed by atoms with Crippen molar-refractivity contribution < 1.29 is 22.7 Å². The number of methoxy groups -OCH3 is 1. The van der Waals surface area contributed by atoms with E-state index in [0.29, 0.717) is 18.8 Å². The van der Waals surface area contributed by atoms with E-state index in [4.69, 9.17) is 9.47 Å². The van der Waals surface area contributed by atoms with Crippen molar-refractivity contribution in [1.82, 2.24) is 24.6 Å². The third kappa shape index (κ3) is 5.61. The third-order valence-corrected chi connectivity index (χ3v) is 9.87. The first kappa shape index (κ1) is 29.6. The molecule has 1 amide bonds. The molecule has 2 aromatic carbocycles. The van der Waals surface area contributed by atoms with Crippen LogP contribution in [0.25, 0.3) is 11.3 Å². The van der Waals surface area contributed by atoms with Gasteiger partial charge in [0.2, 0.25) is 17.7 Å². The van der Waals surface area contributed by atoms with Gasteiger partial charge < -0.3 is 14.4 Å². The number of rotatable bonds is 9. The van der Waals surface area contributed by atoms with Gasteiger partial charge in [-0.15, -0.1) is 0 Å². The summed E-state index contributed by atoms with van der Waals surface area (Å²) in [6, 6.07) is 15.4. The summed E-state index contributed by atoms with van der Waals surface area (Å²) in [7, 11) is -0.718. The molecule has 0 unspecified atom stereocenters. The highest BCUT2D eigenvalue weighted by Gasteiger charge is 2.48. The number of amides is 1. The van der Waals surface area contributed by atoms with Crippen molar-refractivity contribution in [2.75, 3.05) is 24.9 Å². The quantitative estimate of drug-likeness (QED) is 0.293. The monoisotopic (exact) mass is 616 g/mol. The number of nitrogens with one attached hydrogen (secondary N) is 1. The molecule has 44 heavy (non-hydrogen) atoms. The summed E-state index contributed by atoms with van der Waals surface area (Å²) in [5.41, 5.74) is 3.85. The van der Waals surface area contributed by atoms with Gasteiger partial charge in [0.05, 0.1) is 37.5 Å². The minimum Gasteiger partial charge on any atom is -0.497 e. The Morgan fingerprint density at radius 1 is 1.02 bits per heavy atom. The average molecular weight is 617 g/mol. The number of carbonyl (C=O) groups is 1. The van der Waals surface area contributed by atoms with Crippen molar-refractivity contribution in [3.8, 4) is 22.9 Å². The second kappa shape index (κ2) is 11.6. The number of aromatic nitrogens is 4. The third-order valence-electron chi connectivity index (χ3n) is 8.59. The first-order valence-electron chi connectivity index (χ1n) is 14.7. The smallest absolute Gasteiger partial charge is 0.267 e. The van der Waals surface area contributed by atoms with Gasteiger partial charge in [-0.2, -0.15) is 10.1 Å².